The van der Waals surface area contributed by atoms with Crippen molar-refractivity contribution in [3.63, 3.8) is 0 Å². The van der Waals surface area contributed by atoms with E-state index in [1.165, 1.54) is 23.4 Å². The van der Waals surface area contributed by atoms with Crippen LogP contribution in [0.1, 0.15) is 24.2 Å². The summed E-state index contributed by atoms with van der Waals surface area (Å²) in [7, 11) is 1.55. The molecule has 0 spiro atoms. The smallest absolute Gasteiger partial charge is 0.257 e. The number of hydrogen-bond acceptors (Lipinski definition) is 3. The summed E-state index contributed by atoms with van der Waals surface area (Å²) in [4.78, 5) is 28.7. The van der Waals surface area contributed by atoms with Crippen LogP contribution in [0.25, 0.3) is 0 Å². The first-order valence-electron chi connectivity index (χ1n) is 5.56. The SMILES string of the molecule is CC(C)NC(=O)CN(C)C(=O)c1cnccc1Cl. The third-order valence-corrected chi connectivity index (χ3v) is 2.51. The van der Waals surface area contributed by atoms with Crippen LogP contribution in [0.4, 0.5) is 0 Å². The second kappa shape index (κ2) is 6.35. The maximum atomic E-state index is 12.0. The molecule has 0 saturated carbocycles. The summed E-state index contributed by atoms with van der Waals surface area (Å²) < 4.78 is 0. The predicted octanol–water partition coefficient (Wildman–Crippen LogP) is 1.33. The number of aromatic nitrogens is 1. The number of carbonyl (C=O) groups is 2. The molecule has 0 unspecified atom stereocenters. The lowest BCUT2D eigenvalue weighted by Crippen LogP contribution is -2.40. The number of likely N-dealkylation sites (N-methyl/N-ethyl adjacent to an activating group) is 1. The molecular formula is C12H16ClN3O2. The fourth-order valence-electron chi connectivity index (χ4n) is 1.40. The molecule has 0 radical (unpaired) electrons. The van der Waals surface area contributed by atoms with Gasteiger partial charge in [0, 0.05) is 25.5 Å². The fraction of sp³-hybridized carbons (Fsp3) is 0.417. The minimum Gasteiger partial charge on any atom is -0.352 e. The van der Waals surface area contributed by atoms with E-state index >= 15 is 0 Å². The molecule has 0 atom stereocenters. The number of carbonyl (C=O) groups excluding carboxylic acids is 2. The molecule has 1 rings (SSSR count). The van der Waals surface area contributed by atoms with Gasteiger partial charge in [-0.15, -0.1) is 0 Å². The van der Waals surface area contributed by atoms with Gasteiger partial charge in [-0.3, -0.25) is 14.6 Å². The Hall–Kier alpha value is -1.62. The van der Waals surface area contributed by atoms with Crippen LogP contribution in [0.15, 0.2) is 18.5 Å². The van der Waals surface area contributed by atoms with Crippen LogP contribution in [0.2, 0.25) is 5.02 Å². The zero-order valence-corrected chi connectivity index (χ0v) is 11.4. The van der Waals surface area contributed by atoms with E-state index < -0.39 is 0 Å². The minimum absolute atomic E-state index is 0.0117. The third kappa shape index (κ3) is 4.00. The van der Waals surface area contributed by atoms with Gasteiger partial charge in [0.05, 0.1) is 17.1 Å². The maximum Gasteiger partial charge on any atom is 0.257 e. The van der Waals surface area contributed by atoms with Crippen molar-refractivity contribution in [2.45, 2.75) is 19.9 Å². The van der Waals surface area contributed by atoms with Gasteiger partial charge in [0.1, 0.15) is 0 Å². The molecule has 1 aromatic heterocycles. The van der Waals surface area contributed by atoms with Crippen LogP contribution in [-0.2, 0) is 4.79 Å². The Morgan fingerprint density at radius 2 is 2.17 bits per heavy atom. The van der Waals surface area contributed by atoms with Crippen molar-refractivity contribution in [2.24, 2.45) is 0 Å². The number of nitrogens with zero attached hydrogens (tertiary/aromatic N) is 2. The quantitative estimate of drug-likeness (QED) is 0.897. The first kappa shape index (κ1) is 14.4. The molecule has 98 valence electrons. The number of halogens is 1. The molecule has 0 bridgehead atoms. The van der Waals surface area contributed by atoms with Crippen molar-refractivity contribution in [3.8, 4) is 0 Å². The summed E-state index contributed by atoms with van der Waals surface area (Å²) in [5.41, 5.74) is 0.291. The molecule has 1 aromatic rings. The Balaban J connectivity index is 2.68. The van der Waals surface area contributed by atoms with Crippen molar-refractivity contribution in [2.75, 3.05) is 13.6 Å². The van der Waals surface area contributed by atoms with E-state index in [-0.39, 0.29) is 24.4 Å². The molecular weight excluding hydrogens is 254 g/mol. The number of nitrogens with one attached hydrogen (secondary N) is 1. The summed E-state index contributed by atoms with van der Waals surface area (Å²) in [6, 6.07) is 1.58. The first-order valence-corrected chi connectivity index (χ1v) is 5.94. The highest BCUT2D eigenvalue weighted by molar-refractivity contribution is 6.33. The van der Waals surface area contributed by atoms with Crippen molar-refractivity contribution in [1.29, 1.82) is 0 Å². The fourth-order valence-corrected chi connectivity index (χ4v) is 1.58. The highest BCUT2D eigenvalue weighted by Crippen LogP contribution is 2.14. The van der Waals surface area contributed by atoms with Crippen LogP contribution in [0.5, 0.6) is 0 Å². The van der Waals surface area contributed by atoms with Crippen LogP contribution in [0.3, 0.4) is 0 Å². The van der Waals surface area contributed by atoms with Gasteiger partial charge >= 0.3 is 0 Å². The Labute approximate surface area is 111 Å². The van der Waals surface area contributed by atoms with Crippen molar-refractivity contribution in [1.82, 2.24) is 15.2 Å². The predicted molar refractivity (Wildman–Crippen MR) is 69.5 cm³/mol. The second-order valence-electron chi connectivity index (χ2n) is 4.24. The number of amides is 2. The Kier molecular flexibility index (Phi) is 5.09. The van der Waals surface area contributed by atoms with E-state index in [0.29, 0.717) is 10.6 Å². The summed E-state index contributed by atoms with van der Waals surface area (Å²) >= 11 is 5.90. The maximum absolute atomic E-state index is 12.0. The summed E-state index contributed by atoms with van der Waals surface area (Å²) in [6.07, 6.45) is 2.89. The number of pyridine rings is 1. The number of rotatable bonds is 4. The van der Waals surface area contributed by atoms with Gasteiger partial charge in [0.15, 0.2) is 0 Å². The molecule has 0 aliphatic rings. The second-order valence-corrected chi connectivity index (χ2v) is 4.65. The van der Waals surface area contributed by atoms with Gasteiger partial charge in [-0.1, -0.05) is 11.6 Å². The number of hydrogen-bond donors (Lipinski definition) is 1. The Morgan fingerprint density at radius 3 is 2.72 bits per heavy atom. The third-order valence-electron chi connectivity index (χ3n) is 2.18. The lowest BCUT2D eigenvalue weighted by atomic mass is 10.2. The highest BCUT2D eigenvalue weighted by Gasteiger charge is 2.17. The standard InChI is InChI=1S/C12H16ClN3O2/c1-8(2)15-11(17)7-16(3)12(18)9-6-14-5-4-10(9)13/h4-6,8H,7H2,1-3H3,(H,15,17). The average molecular weight is 270 g/mol. The molecule has 1 heterocycles. The normalized spacial score (nSPS) is 10.3. The van der Waals surface area contributed by atoms with E-state index in [9.17, 15) is 9.59 Å². The van der Waals surface area contributed by atoms with Crippen LogP contribution in [0, 0.1) is 0 Å². The van der Waals surface area contributed by atoms with Crippen LogP contribution < -0.4 is 5.32 Å². The molecule has 1 N–H and O–H groups in total. The summed E-state index contributed by atoms with van der Waals surface area (Å²) in [5, 5.41) is 3.04. The van der Waals surface area contributed by atoms with Gasteiger partial charge in [-0.05, 0) is 19.9 Å². The molecule has 18 heavy (non-hydrogen) atoms. The van der Waals surface area contributed by atoms with Gasteiger partial charge in [0.2, 0.25) is 5.91 Å². The monoisotopic (exact) mass is 269 g/mol. The molecule has 0 aromatic carbocycles. The van der Waals surface area contributed by atoms with E-state index in [1.807, 2.05) is 13.8 Å². The lowest BCUT2D eigenvalue weighted by molar-refractivity contribution is -0.122. The largest absolute Gasteiger partial charge is 0.352 e. The topological polar surface area (TPSA) is 62.3 Å². The lowest BCUT2D eigenvalue weighted by Gasteiger charge is -2.18. The summed E-state index contributed by atoms with van der Waals surface area (Å²) in [5.74, 6) is -0.534. The molecule has 2 amide bonds. The van der Waals surface area contributed by atoms with Crippen LogP contribution >= 0.6 is 11.6 Å². The Morgan fingerprint density at radius 1 is 1.50 bits per heavy atom. The van der Waals surface area contributed by atoms with E-state index in [0.717, 1.165) is 0 Å². The average Bonchev–Trinajstić information content (AvgIpc) is 2.27. The summed E-state index contributed by atoms with van der Waals surface area (Å²) in [6.45, 7) is 3.71. The van der Waals surface area contributed by atoms with Gasteiger partial charge in [0.25, 0.3) is 5.91 Å². The molecule has 0 saturated heterocycles. The Bertz CT molecular complexity index is 449. The van der Waals surface area contributed by atoms with Crippen molar-refractivity contribution >= 4 is 23.4 Å². The minimum atomic E-state index is -0.327. The van der Waals surface area contributed by atoms with Crippen LogP contribution in [-0.4, -0.2) is 41.3 Å². The molecule has 6 heteroatoms. The van der Waals surface area contributed by atoms with Crippen molar-refractivity contribution in [3.05, 3.63) is 29.0 Å². The van der Waals surface area contributed by atoms with Crippen molar-refractivity contribution < 1.29 is 9.59 Å². The zero-order chi connectivity index (χ0) is 13.7. The van der Waals surface area contributed by atoms with E-state index in [1.54, 1.807) is 7.05 Å². The van der Waals surface area contributed by atoms with E-state index in [4.69, 9.17) is 11.6 Å². The van der Waals surface area contributed by atoms with Gasteiger partial charge in [-0.25, -0.2) is 0 Å². The van der Waals surface area contributed by atoms with Gasteiger partial charge in [-0.2, -0.15) is 0 Å². The van der Waals surface area contributed by atoms with Gasteiger partial charge < -0.3 is 10.2 Å². The van der Waals surface area contributed by atoms with E-state index in [2.05, 4.69) is 10.3 Å². The highest BCUT2D eigenvalue weighted by atomic mass is 35.5. The molecule has 5 nitrogen and oxygen atoms in total. The molecule has 0 aliphatic carbocycles. The molecule has 0 fully saturated rings. The zero-order valence-electron chi connectivity index (χ0n) is 10.6. The molecule has 0 aliphatic heterocycles. The first-order chi connectivity index (χ1) is 8.41.